The summed E-state index contributed by atoms with van der Waals surface area (Å²) in [7, 11) is 0. The van der Waals surface area contributed by atoms with Gasteiger partial charge in [-0.15, -0.1) is 0 Å². The van der Waals surface area contributed by atoms with Crippen molar-refractivity contribution in [2.24, 2.45) is 5.92 Å². The van der Waals surface area contributed by atoms with Gasteiger partial charge < -0.3 is 5.32 Å². The van der Waals surface area contributed by atoms with Crippen molar-refractivity contribution in [2.75, 3.05) is 5.32 Å². The normalized spacial score (nSPS) is 24.2. The van der Waals surface area contributed by atoms with Crippen LogP contribution >= 0.6 is 0 Å². The van der Waals surface area contributed by atoms with Crippen LogP contribution in [0.1, 0.15) is 57.9 Å². The van der Waals surface area contributed by atoms with Crippen molar-refractivity contribution < 1.29 is 0 Å². The number of benzene rings is 1. The van der Waals surface area contributed by atoms with Crippen molar-refractivity contribution in [3.05, 3.63) is 29.8 Å². The maximum Gasteiger partial charge on any atom is 0.0345 e. The molecule has 2 unspecified atom stereocenters. The molecule has 0 spiro atoms. The maximum absolute atomic E-state index is 3.70. The molecule has 94 valence electrons. The van der Waals surface area contributed by atoms with Gasteiger partial charge in [-0.2, -0.15) is 0 Å². The first kappa shape index (κ1) is 12.5. The second-order valence-corrected chi connectivity index (χ2v) is 5.71. The van der Waals surface area contributed by atoms with E-state index in [4.69, 9.17) is 0 Å². The molecule has 1 heteroatoms. The van der Waals surface area contributed by atoms with Crippen LogP contribution in [0.25, 0.3) is 0 Å². The van der Waals surface area contributed by atoms with E-state index in [2.05, 4.69) is 50.4 Å². The van der Waals surface area contributed by atoms with Crippen LogP contribution in [0.4, 0.5) is 5.69 Å². The number of hydrogen-bond donors (Lipinski definition) is 1. The molecule has 2 atom stereocenters. The zero-order valence-corrected chi connectivity index (χ0v) is 11.4. The van der Waals surface area contributed by atoms with E-state index >= 15 is 0 Å². The fraction of sp³-hybridized carbons (Fsp3) is 0.625. The van der Waals surface area contributed by atoms with Gasteiger partial charge in [0.05, 0.1) is 0 Å². The van der Waals surface area contributed by atoms with Crippen LogP contribution < -0.4 is 5.32 Å². The Kier molecular flexibility index (Phi) is 4.09. The molecule has 0 radical (unpaired) electrons. The number of nitrogens with one attached hydrogen (secondary N) is 1. The van der Waals surface area contributed by atoms with E-state index < -0.39 is 0 Å². The summed E-state index contributed by atoms with van der Waals surface area (Å²) in [4.78, 5) is 0. The highest BCUT2D eigenvalue weighted by molar-refractivity contribution is 5.47. The summed E-state index contributed by atoms with van der Waals surface area (Å²) >= 11 is 0. The van der Waals surface area contributed by atoms with Crippen molar-refractivity contribution in [3.63, 3.8) is 0 Å². The highest BCUT2D eigenvalue weighted by Gasteiger charge is 2.22. The average molecular weight is 231 g/mol. The molecule has 2 rings (SSSR count). The van der Waals surface area contributed by atoms with Crippen molar-refractivity contribution in [3.8, 4) is 0 Å². The average Bonchev–Trinajstić information content (AvgIpc) is 2.77. The Balaban J connectivity index is 1.97. The number of hydrogen-bond acceptors (Lipinski definition) is 1. The van der Waals surface area contributed by atoms with Crippen LogP contribution in [0.3, 0.4) is 0 Å². The summed E-state index contributed by atoms with van der Waals surface area (Å²) in [6.45, 7) is 6.82. The fourth-order valence-corrected chi connectivity index (χ4v) is 2.80. The summed E-state index contributed by atoms with van der Waals surface area (Å²) in [6.07, 6.45) is 5.43. The molecule has 0 saturated heterocycles. The van der Waals surface area contributed by atoms with E-state index in [1.54, 1.807) is 0 Å². The lowest BCUT2D eigenvalue weighted by Crippen LogP contribution is -2.15. The van der Waals surface area contributed by atoms with Gasteiger partial charge in [0.1, 0.15) is 0 Å². The first-order valence-corrected chi connectivity index (χ1v) is 7.05. The molecule has 1 N–H and O–H groups in total. The molecule has 17 heavy (non-hydrogen) atoms. The lowest BCUT2D eigenvalue weighted by atomic mass is 10.0. The molecule has 1 aliphatic carbocycles. The van der Waals surface area contributed by atoms with E-state index in [0.717, 1.165) is 5.92 Å². The summed E-state index contributed by atoms with van der Waals surface area (Å²) in [5.41, 5.74) is 2.73. The van der Waals surface area contributed by atoms with E-state index in [9.17, 15) is 0 Å². The van der Waals surface area contributed by atoms with Crippen LogP contribution in [-0.4, -0.2) is 6.04 Å². The lowest BCUT2D eigenvalue weighted by Gasteiger charge is -2.16. The standard InChI is InChI=1S/C16H25N/c1-4-13-8-9-16(10-13)17-15-7-5-6-14(11-15)12(2)3/h5-7,11-13,16-17H,4,8-10H2,1-3H3. The molecule has 0 heterocycles. The van der Waals surface area contributed by atoms with Gasteiger partial charge in [-0.05, 0) is 48.8 Å². The van der Waals surface area contributed by atoms with Crippen molar-refractivity contribution >= 4 is 5.69 Å². The van der Waals surface area contributed by atoms with Crippen LogP contribution in [0.5, 0.6) is 0 Å². The molecule has 1 fully saturated rings. The topological polar surface area (TPSA) is 12.0 Å². The monoisotopic (exact) mass is 231 g/mol. The SMILES string of the molecule is CCC1CCC(Nc2cccc(C(C)C)c2)C1. The van der Waals surface area contributed by atoms with Gasteiger partial charge in [0.15, 0.2) is 0 Å². The van der Waals surface area contributed by atoms with Crippen molar-refractivity contribution in [2.45, 2.75) is 58.4 Å². The second kappa shape index (κ2) is 5.57. The molecular weight excluding hydrogens is 206 g/mol. The third kappa shape index (κ3) is 3.24. The number of anilines is 1. The maximum atomic E-state index is 3.70. The smallest absolute Gasteiger partial charge is 0.0345 e. The van der Waals surface area contributed by atoms with Crippen molar-refractivity contribution in [1.29, 1.82) is 0 Å². The van der Waals surface area contributed by atoms with E-state index in [0.29, 0.717) is 12.0 Å². The predicted octanol–water partition coefficient (Wildman–Crippen LogP) is 4.80. The minimum Gasteiger partial charge on any atom is -0.382 e. The molecule has 1 aromatic rings. The molecule has 0 aliphatic heterocycles. The number of rotatable bonds is 4. The molecule has 1 saturated carbocycles. The van der Waals surface area contributed by atoms with Gasteiger partial charge in [0.25, 0.3) is 0 Å². The Morgan fingerprint density at radius 1 is 1.29 bits per heavy atom. The third-order valence-corrected chi connectivity index (χ3v) is 4.04. The summed E-state index contributed by atoms with van der Waals surface area (Å²) in [5.74, 6) is 1.56. The zero-order valence-electron chi connectivity index (χ0n) is 11.4. The van der Waals surface area contributed by atoms with Gasteiger partial charge in [-0.25, -0.2) is 0 Å². The van der Waals surface area contributed by atoms with Gasteiger partial charge >= 0.3 is 0 Å². The molecule has 0 amide bonds. The Morgan fingerprint density at radius 2 is 2.12 bits per heavy atom. The zero-order chi connectivity index (χ0) is 12.3. The predicted molar refractivity (Wildman–Crippen MR) is 75.6 cm³/mol. The van der Waals surface area contributed by atoms with Crippen molar-refractivity contribution in [1.82, 2.24) is 0 Å². The molecule has 1 aromatic carbocycles. The molecule has 0 bridgehead atoms. The van der Waals surface area contributed by atoms with Crippen LogP contribution in [0.2, 0.25) is 0 Å². The first-order valence-electron chi connectivity index (χ1n) is 7.05. The Labute approximate surface area is 106 Å². The molecular formula is C16H25N. The Morgan fingerprint density at radius 3 is 2.76 bits per heavy atom. The first-order chi connectivity index (χ1) is 8.19. The molecule has 1 nitrogen and oxygen atoms in total. The summed E-state index contributed by atoms with van der Waals surface area (Å²) in [5, 5.41) is 3.70. The van der Waals surface area contributed by atoms with Crippen LogP contribution in [0.15, 0.2) is 24.3 Å². The Hall–Kier alpha value is -0.980. The second-order valence-electron chi connectivity index (χ2n) is 5.71. The summed E-state index contributed by atoms with van der Waals surface area (Å²) in [6, 6.07) is 9.60. The third-order valence-electron chi connectivity index (χ3n) is 4.04. The Bertz CT molecular complexity index is 356. The molecule has 0 aromatic heterocycles. The van der Waals surface area contributed by atoms with Gasteiger partial charge in [0, 0.05) is 11.7 Å². The van der Waals surface area contributed by atoms with Gasteiger partial charge in [-0.3, -0.25) is 0 Å². The quantitative estimate of drug-likeness (QED) is 0.784. The highest BCUT2D eigenvalue weighted by Crippen LogP contribution is 2.30. The van der Waals surface area contributed by atoms with E-state index in [1.807, 2.05) is 0 Å². The van der Waals surface area contributed by atoms with Gasteiger partial charge in [-0.1, -0.05) is 39.3 Å². The van der Waals surface area contributed by atoms with E-state index in [1.165, 1.54) is 36.9 Å². The minimum absolute atomic E-state index is 0.615. The van der Waals surface area contributed by atoms with Crippen LogP contribution in [-0.2, 0) is 0 Å². The van der Waals surface area contributed by atoms with Gasteiger partial charge in [0.2, 0.25) is 0 Å². The highest BCUT2D eigenvalue weighted by atomic mass is 14.9. The summed E-state index contributed by atoms with van der Waals surface area (Å²) < 4.78 is 0. The molecule has 1 aliphatic rings. The largest absolute Gasteiger partial charge is 0.382 e. The minimum atomic E-state index is 0.615. The van der Waals surface area contributed by atoms with E-state index in [-0.39, 0.29) is 0 Å². The van der Waals surface area contributed by atoms with Crippen LogP contribution in [0, 0.1) is 5.92 Å². The lowest BCUT2D eigenvalue weighted by molar-refractivity contribution is 0.525. The fourth-order valence-electron chi connectivity index (χ4n) is 2.80.